The monoisotopic (exact) mass is 409 g/mol. The molecule has 27 heavy (non-hydrogen) atoms. The number of ether oxygens (including phenoxy) is 2. The first-order valence-electron chi connectivity index (χ1n) is 7.38. The van der Waals surface area contributed by atoms with Crippen LogP contribution in [0.1, 0.15) is 12.8 Å². The number of amides is 1. The van der Waals surface area contributed by atoms with Crippen LogP contribution in [-0.2, 0) is 14.3 Å². The van der Waals surface area contributed by atoms with Crippen LogP contribution in [0.5, 0.6) is 5.75 Å². The molecule has 0 unspecified atom stereocenters. The molecule has 0 radical (unpaired) electrons. The van der Waals surface area contributed by atoms with E-state index in [1.165, 1.54) is 0 Å². The third-order valence-corrected chi connectivity index (χ3v) is 4.21. The molecule has 0 aromatic heterocycles. The molecule has 0 spiro atoms. The van der Waals surface area contributed by atoms with Crippen molar-refractivity contribution in [1.29, 1.82) is 0 Å². The molecule has 0 aliphatic carbocycles. The summed E-state index contributed by atoms with van der Waals surface area (Å²) < 4.78 is 59.9. The minimum atomic E-state index is -5.21. The van der Waals surface area contributed by atoms with Gasteiger partial charge in [-0.15, -0.1) is 19.6 Å². The normalized spacial score (nSPS) is 16.3. The van der Waals surface area contributed by atoms with E-state index in [0.717, 1.165) is 6.07 Å². The van der Waals surface area contributed by atoms with Gasteiger partial charge in [0.05, 0.1) is 10.7 Å². The van der Waals surface area contributed by atoms with E-state index >= 15 is 0 Å². The topological polar surface area (TPSA) is 76.1 Å². The minimum Gasteiger partial charge on any atom is -0.479 e. The quantitative estimate of drug-likeness (QED) is 0.611. The van der Waals surface area contributed by atoms with Crippen molar-refractivity contribution in [2.24, 2.45) is 0 Å². The Labute approximate surface area is 155 Å². The van der Waals surface area contributed by atoms with Gasteiger partial charge in [0.1, 0.15) is 0 Å². The van der Waals surface area contributed by atoms with Gasteiger partial charge in [0.2, 0.25) is 0 Å². The number of anilines is 1. The molecule has 11 heteroatoms. The van der Waals surface area contributed by atoms with Crippen LogP contribution < -0.4 is 9.64 Å². The van der Waals surface area contributed by atoms with Crippen LogP contribution >= 0.6 is 11.6 Å². The van der Waals surface area contributed by atoms with Gasteiger partial charge in [-0.05, 0) is 12.0 Å². The van der Waals surface area contributed by atoms with E-state index in [2.05, 4.69) is 4.74 Å². The van der Waals surface area contributed by atoms with E-state index in [4.69, 9.17) is 22.8 Å². The fourth-order valence-corrected chi connectivity index (χ4v) is 2.99. The zero-order valence-electron chi connectivity index (χ0n) is 13.5. The lowest BCUT2D eigenvalue weighted by Gasteiger charge is -2.42. The molecule has 1 N–H and O–H groups in total. The van der Waals surface area contributed by atoms with Crippen LogP contribution in [0, 0.1) is 18.2 Å². The Morgan fingerprint density at radius 1 is 1.33 bits per heavy atom. The highest BCUT2D eigenvalue weighted by Gasteiger charge is 2.49. The summed E-state index contributed by atoms with van der Waals surface area (Å²) in [5.74, 6) is -3.67. The maximum atomic E-state index is 14.2. The van der Waals surface area contributed by atoms with E-state index in [-0.39, 0.29) is 26.1 Å². The van der Waals surface area contributed by atoms with Gasteiger partial charge in [0.25, 0.3) is 0 Å². The summed E-state index contributed by atoms with van der Waals surface area (Å²) in [5, 5.41) is 8.88. The van der Waals surface area contributed by atoms with E-state index in [1.54, 1.807) is 5.92 Å². The first-order chi connectivity index (χ1) is 12.5. The Balaban J connectivity index is 2.60. The number of carboxylic acid groups (broad SMARTS) is 1. The third kappa shape index (κ3) is 4.26. The standard InChI is InChI=1S/C16H12ClF4NO5/c1-2-12(23)22(15(14(24)25)3-5-26-6-4-15)9-7-10(17)13(11(18)8-9)27-16(19,20)21/h1,7-8H,3-6H2,(H,24,25). The number of hydrogen-bond acceptors (Lipinski definition) is 4. The van der Waals surface area contributed by atoms with Crippen LogP contribution in [0.25, 0.3) is 0 Å². The number of hydrogen-bond donors (Lipinski definition) is 1. The Morgan fingerprint density at radius 2 is 1.93 bits per heavy atom. The van der Waals surface area contributed by atoms with Crippen molar-refractivity contribution in [3.8, 4) is 18.1 Å². The fraction of sp³-hybridized carbons (Fsp3) is 0.375. The number of halogens is 5. The first kappa shape index (κ1) is 20.8. The third-order valence-electron chi connectivity index (χ3n) is 3.93. The number of nitrogens with zero attached hydrogens (tertiary/aromatic N) is 1. The predicted octanol–water partition coefficient (Wildman–Crippen LogP) is 2.98. The second-order valence-corrected chi connectivity index (χ2v) is 5.93. The van der Waals surface area contributed by atoms with Crippen molar-refractivity contribution in [2.45, 2.75) is 24.7 Å². The van der Waals surface area contributed by atoms with E-state index in [0.29, 0.717) is 11.0 Å². The summed E-state index contributed by atoms with van der Waals surface area (Å²) in [5.41, 5.74) is -2.29. The SMILES string of the molecule is C#CC(=O)N(c1cc(F)c(OC(F)(F)F)c(Cl)c1)C1(C(=O)O)CCOCC1. The molecule has 146 valence electrons. The van der Waals surface area contributed by atoms with Gasteiger partial charge in [-0.2, -0.15) is 0 Å². The van der Waals surface area contributed by atoms with Crippen LogP contribution in [0.4, 0.5) is 23.2 Å². The van der Waals surface area contributed by atoms with Crippen LogP contribution in [-0.4, -0.2) is 42.1 Å². The van der Waals surface area contributed by atoms with Gasteiger partial charge in [-0.3, -0.25) is 9.69 Å². The van der Waals surface area contributed by atoms with Crippen LogP contribution in [0.2, 0.25) is 5.02 Å². The zero-order valence-corrected chi connectivity index (χ0v) is 14.2. The number of carboxylic acids is 1. The Kier molecular flexibility index (Phi) is 5.87. The van der Waals surface area contributed by atoms with Crippen molar-refractivity contribution in [3.05, 3.63) is 23.0 Å². The van der Waals surface area contributed by atoms with Crippen LogP contribution in [0.3, 0.4) is 0 Å². The second-order valence-electron chi connectivity index (χ2n) is 5.52. The number of alkyl halides is 3. The molecule has 1 aromatic rings. The minimum absolute atomic E-state index is 0.0217. The van der Waals surface area contributed by atoms with Gasteiger partial charge in [0, 0.05) is 32.1 Å². The number of carbonyl (C=O) groups is 2. The number of benzene rings is 1. The fourth-order valence-electron chi connectivity index (χ4n) is 2.75. The van der Waals surface area contributed by atoms with Crippen molar-refractivity contribution < 1.29 is 41.7 Å². The average molecular weight is 410 g/mol. The number of aliphatic carboxylic acids is 1. The molecule has 1 fully saturated rings. The highest BCUT2D eigenvalue weighted by Crippen LogP contribution is 2.40. The molecular formula is C16H12ClF4NO5. The molecule has 1 aliphatic heterocycles. The van der Waals surface area contributed by atoms with Crippen molar-refractivity contribution in [1.82, 2.24) is 0 Å². The highest BCUT2D eigenvalue weighted by atomic mass is 35.5. The zero-order chi connectivity index (χ0) is 20.4. The molecule has 1 saturated heterocycles. The molecule has 0 atom stereocenters. The Hall–Kier alpha value is -2.51. The van der Waals surface area contributed by atoms with Crippen molar-refractivity contribution >= 4 is 29.2 Å². The van der Waals surface area contributed by atoms with Gasteiger partial charge in [-0.25, -0.2) is 9.18 Å². The molecule has 0 bridgehead atoms. The average Bonchev–Trinajstić information content (AvgIpc) is 2.58. The summed E-state index contributed by atoms with van der Waals surface area (Å²) in [6, 6.07) is 1.28. The molecule has 6 nitrogen and oxygen atoms in total. The van der Waals surface area contributed by atoms with Crippen molar-refractivity contribution in [2.75, 3.05) is 18.1 Å². The van der Waals surface area contributed by atoms with Gasteiger partial charge >= 0.3 is 18.2 Å². The molecular weight excluding hydrogens is 398 g/mol. The first-order valence-corrected chi connectivity index (χ1v) is 7.76. The van der Waals surface area contributed by atoms with E-state index < -0.39 is 46.1 Å². The molecule has 1 heterocycles. The second kappa shape index (κ2) is 7.62. The molecule has 1 aromatic carbocycles. The largest absolute Gasteiger partial charge is 0.573 e. The predicted molar refractivity (Wildman–Crippen MR) is 84.8 cm³/mol. The molecule has 1 amide bonds. The van der Waals surface area contributed by atoms with Gasteiger partial charge in [-0.1, -0.05) is 11.6 Å². The van der Waals surface area contributed by atoms with Gasteiger partial charge in [0.15, 0.2) is 17.1 Å². The Bertz CT molecular complexity index is 776. The molecule has 0 saturated carbocycles. The number of rotatable bonds is 4. The summed E-state index contributed by atoms with van der Waals surface area (Å²) >= 11 is 5.67. The molecule has 1 aliphatic rings. The number of carbonyl (C=O) groups excluding carboxylic acids is 1. The summed E-state index contributed by atoms with van der Waals surface area (Å²) in [6.45, 7) is -0.0434. The highest BCUT2D eigenvalue weighted by molar-refractivity contribution is 6.32. The maximum Gasteiger partial charge on any atom is 0.573 e. The summed E-state index contributed by atoms with van der Waals surface area (Å²) in [6.07, 6.45) is -0.447. The van der Waals surface area contributed by atoms with Crippen LogP contribution in [0.15, 0.2) is 12.1 Å². The van der Waals surface area contributed by atoms with E-state index in [1.807, 2.05) is 0 Å². The van der Waals surface area contributed by atoms with Crippen molar-refractivity contribution in [3.63, 3.8) is 0 Å². The smallest absolute Gasteiger partial charge is 0.479 e. The Morgan fingerprint density at radius 3 is 2.37 bits per heavy atom. The molecule has 2 rings (SSSR count). The number of terminal acetylenes is 1. The maximum absolute atomic E-state index is 14.2. The summed E-state index contributed by atoms with van der Waals surface area (Å²) in [4.78, 5) is 24.8. The summed E-state index contributed by atoms with van der Waals surface area (Å²) in [7, 11) is 0. The lowest BCUT2D eigenvalue weighted by molar-refractivity contribution is -0.275. The lowest BCUT2D eigenvalue weighted by atomic mass is 9.87. The van der Waals surface area contributed by atoms with Gasteiger partial charge < -0.3 is 14.6 Å². The lowest BCUT2D eigenvalue weighted by Crippen LogP contribution is -2.60. The van der Waals surface area contributed by atoms with E-state index in [9.17, 15) is 32.3 Å².